The van der Waals surface area contributed by atoms with Crippen molar-refractivity contribution in [3.63, 3.8) is 0 Å². The van der Waals surface area contributed by atoms with Crippen LogP contribution in [0.2, 0.25) is 0 Å². The van der Waals surface area contributed by atoms with Crippen LogP contribution >= 0.6 is 12.2 Å². The molecule has 0 aliphatic rings. The minimum atomic E-state index is -0.674. The highest BCUT2D eigenvalue weighted by Gasteiger charge is 2.14. The van der Waals surface area contributed by atoms with Crippen LogP contribution in [0.4, 0.5) is 14.5 Å². The molecule has 0 heterocycles. The fraction of sp³-hybridized carbons (Fsp3) is 0.462. The highest BCUT2D eigenvalue weighted by atomic mass is 32.1. The SMILES string of the molecule is CC(C)(C)CCNc1c(F)cc(C(N)=S)cc1F. The summed E-state index contributed by atoms with van der Waals surface area (Å²) in [6.07, 6.45) is 0.808. The van der Waals surface area contributed by atoms with E-state index in [9.17, 15) is 8.78 Å². The summed E-state index contributed by atoms with van der Waals surface area (Å²) in [6.45, 7) is 6.70. The average molecular weight is 272 g/mol. The maximum Gasteiger partial charge on any atom is 0.150 e. The van der Waals surface area contributed by atoms with Crippen molar-refractivity contribution in [3.8, 4) is 0 Å². The number of halogens is 2. The maximum atomic E-state index is 13.7. The van der Waals surface area contributed by atoms with Crippen LogP contribution in [0, 0.1) is 17.0 Å². The van der Waals surface area contributed by atoms with Gasteiger partial charge in [-0.15, -0.1) is 0 Å². The number of anilines is 1. The minimum absolute atomic E-state index is 0.0194. The Morgan fingerprint density at radius 2 is 1.78 bits per heavy atom. The van der Waals surface area contributed by atoms with E-state index in [4.69, 9.17) is 5.73 Å². The molecule has 0 spiro atoms. The molecule has 0 radical (unpaired) electrons. The highest BCUT2D eigenvalue weighted by Crippen LogP contribution is 2.23. The van der Waals surface area contributed by atoms with Crippen molar-refractivity contribution in [2.24, 2.45) is 11.1 Å². The smallest absolute Gasteiger partial charge is 0.150 e. The lowest BCUT2D eigenvalue weighted by Crippen LogP contribution is -2.15. The van der Waals surface area contributed by atoms with Gasteiger partial charge in [-0.3, -0.25) is 0 Å². The zero-order chi connectivity index (χ0) is 13.9. The summed E-state index contributed by atoms with van der Waals surface area (Å²) in [5.41, 5.74) is 5.52. The van der Waals surface area contributed by atoms with Gasteiger partial charge in [0.1, 0.15) is 22.3 Å². The molecule has 18 heavy (non-hydrogen) atoms. The molecule has 0 bridgehead atoms. The number of hydrogen-bond donors (Lipinski definition) is 2. The fourth-order valence-electron chi connectivity index (χ4n) is 1.45. The summed E-state index contributed by atoms with van der Waals surface area (Å²) >= 11 is 4.68. The van der Waals surface area contributed by atoms with Gasteiger partial charge in [0.2, 0.25) is 0 Å². The van der Waals surface area contributed by atoms with Crippen LogP contribution in [0.5, 0.6) is 0 Å². The molecule has 5 heteroatoms. The van der Waals surface area contributed by atoms with E-state index in [1.54, 1.807) is 0 Å². The lowest BCUT2D eigenvalue weighted by molar-refractivity contribution is 0.389. The molecule has 3 N–H and O–H groups in total. The summed E-state index contributed by atoms with van der Waals surface area (Å²) < 4.78 is 27.3. The van der Waals surface area contributed by atoms with Gasteiger partial charge in [0.25, 0.3) is 0 Å². The second kappa shape index (κ2) is 5.61. The zero-order valence-electron chi connectivity index (χ0n) is 10.8. The van der Waals surface area contributed by atoms with Crippen LogP contribution in [0.1, 0.15) is 32.8 Å². The minimum Gasteiger partial charge on any atom is -0.389 e. The molecule has 0 saturated heterocycles. The van der Waals surface area contributed by atoms with Crippen molar-refractivity contribution < 1.29 is 8.78 Å². The number of thiocarbonyl (C=S) groups is 1. The summed E-state index contributed by atoms with van der Waals surface area (Å²) in [5, 5.41) is 2.77. The third-order valence-corrected chi connectivity index (χ3v) is 2.74. The van der Waals surface area contributed by atoms with Crippen molar-refractivity contribution in [2.45, 2.75) is 27.2 Å². The molecule has 0 aliphatic carbocycles. The van der Waals surface area contributed by atoms with Crippen LogP contribution in [-0.4, -0.2) is 11.5 Å². The fourth-order valence-corrected chi connectivity index (χ4v) is 1.56. The molecular weight excluding hydrogens is 254 g/mol. The summed E-state index contributed by atoms with van der Waals surface area (Å²) in [7, 11) is 0. The van der Waals surface area contributed by atoms with Crippen LogP contribution in [0.15, 0.2) is 12.1 Å². The van der Waals surface area contributed by atoms with Gasteiger partial charge >= 0.3 is 0 Å². The van der Waals surface area contributed by atoms with E-state index in [0.717, 1.165) is 18.6 Å². The lowest BCUT2D eigenvalue weighted by atomic mass is 9.92. The number of nitrogens with one attached hydrogen (secondary N) is 1. The summed E-state index contributed by atoms with van der Waals surface area (Å²) in [4.78, 5) is -0.0194. The molecule has 1 aromatic carbocycles. The van der Waals surface area contributed by atoms with E-state index in [-0.39, 0.29) is 21.7 Å². The Balaban J connectivity index is 2.81. The molecule has 0 unspecified atom stereocenters. The lowest BCUT2D eigenvalue weighted by Gasteiger charge is -2.19. The van der Waals surface area contributed by atoms with E-state index in [2.05, 4.69) is 38.3 Å². The van der Waals surface area contributed by atoms with Gasteiger partial charge < -0.3 is 11.1 Å². The van der Waals surface area contributed by atoms with E-state index in [1.807, 2.05) is 0 Å². The van der Waals surface area contributed by atoms with Crippen molar-refractivity contribution in [1.82, 2.24) is 0 Å². The van der Waals surface area contributed by atoms with Gasteiger partial charge in [-0.25, -0.2) is 8.78 Å². The predicted molar refractivity (Wildman–Crippen MR) is 74.8 cm³/mol. The van der Waals surface area contributed by atoms with E-state index in [0.29, 0.717) is 6.54 Å². The third kappa shape index (κ3) is 4.22. The first kappa shape index (κ1) is 14.8. The average Bonchev–Trinajstić information content (AvgIpc) is 2.20. The Hall–Kier alpha value is -1.23. The Morgan fingerprint density at radius 1 is 1.28 bits per heavy atom. The van der Waals surface area contributed by atoms with Crippen molar-refractivity contribution in [3.05, 3.63) is 29.3 Å². The van der Waals surface area contributed by atoms with Crippen molar-refractivity contribution >= 4 is 22.9 Å². The summed E-state index contributed by atoms with van der Waals surface area (Å²) in [5.74, 6) is -1.35. The van der Waals surface area contributed by atoms with E-state index in [1.165, 1.54) is 0 Å². The Morgan fingerprint density at radius 3 is 2.17 bits per heavy atom. The largest absolute Gasteiger partial charge is 0.389 e. The molecule has 0 fully saturated rings. The molecule has 0 aromatic heterocycles. The van der Waals surface area contributed by atoms with Crippen LogP contribution in [0.3, 0.4) is 0 Å². The van der Waals surface area contributed by atoms with Crippen LogP contribution < -0.4 is 11.1 Å². The molecule has 0 atom stereocenters. The van der Waals surface area contributed by atoms with Gasteiger partial charge in [0.05, 0.1) is 0 Å². The van der Waals surface area contributed by atoms with Crippen molar-refractivity contribution in [1.29, 1.82) is 0 Å². The van der Waals surface area contributed by atoms with Crippen molar-refractivity contribution in [2.75, 3.05) is 11.9 Å². The first-order valence-corrected chi connectivity index (χ1v) is 6.14. The molecule has 100 valence electrons. The Labute approximate surface area is 112 Å². The van der Waals surface area contributed by atoms with E-state index < -0.39 is 11.6 Å². The third-order valence-electron chi connectivity index (χ3n) is 2.50. The topological polar surface area (TPSA) is 38.0 Å². The second-order valence-electron chi connectivity index (χ2n) is 5.42. The molecule has 0 aliphatic heterocycles. The Kier molecular flexibility index (Phi) is 4.62. The predicted octanol–water partition coefficient (Wildman–Crippen LogP) is 3.45. The normalized spacial score (nSPS) is 11.4. The Bertz CT molecular complexity index is 430. The number of hydrogen-bond acceptors (Lipinski definition) is 2. The molecule has 1 rings (SSSR count). The monoisotopic (exact) mass is 272 g/mol. The molecule has 2 nitrogen and oxygen atoms in total. The molecule has 1 aromatic rings. The van der Waals surface area contributed by atoms with Gasteiger partial charge in [-0.05, 0) is 24.0 Å². The zero-order valence-corrected chi connectivity index (χ0v) is 11.6. The molecular formula is C13H18F2N2S. The molecule has 0 amide bonds. The second-order valence-corrected chi connectivity index (χ2v) is 5.86. The maximum absolute atomic E-state index is 13.7. The van der Waals surface area contributed by atoms with E-state index >= 15 is 0 Å². The molecule has 0 saturated carbocycles. The number of nitrogens with two attached hydrogens (primary N) is 1. The van der Waals surface area contributed by atoms with Crippen LogP contribution in [0.25, 0.3) is 0 Å². The van der Waals surface area contributed by atoms with Crippen LogP contribution in [-0.2, 0) is 0 Å². The van der Waals surface area contributed by atoms with Gasteiger partial charge in [-0.1, -0.05) is 33.0 Å². The first-order chi connectivity index (χ1) is 8.20. The number of rotatable bonds is 4. The van der Waals surface area contributed by atoms with Gasteiger partial charge in [0.15, 0.2) is 0 Å². The quantitative estimate of drug-likeness (QED) is 0.824. The standard InChI is InChI=1S/C13H18F2N2S/c1-13(2,3)4-5-17-11-9(14)6-8(12(16)18)7-10(11)15/h6-7,17H,4-5H2,1-3H3,(H2,16,18). The summed E-state index contributed by atoms with van der Waals surface area (Å²) in [6, 6.07) is 2.29. The first-order valence-electron chi connectivity index (χ1n) is 5.73. The van der Waals surface area contributed by atoms with Gasteiger partial charge in [0, 0.05) is 12.1 Å². The number of benzene rings is 1. The highest BCUT2D eigenvalue weighted by molar-refractivity contribution is 7.80. The van der Waals surface area contributed by atoms with Gasteiger partial charge in [-0.2, -0.15) is 0 Å².